The summed E-state index contributed by atoms with van der Waals surface area (Å²) >= 11 is 4.32. The lowest BCUT2D eigenvalue weighted by Gasteiger charge is -2.29. The molecule has 0 spiro atoms. The molecule has 2 heteroatoms. The highest BCUT2D eigenvalue weighted by Gasteiger charge is 2.25. The summed E-state index contributed by atoms with van der Waals surface area (Å²) < 4.78 is 0. The molecule has 0 aliphatic heterocycles. The Morgan fingerprint density at radius 1 is 1.50 bits per heavy atom. The predicted molar refractivity (Wildman–Crippen MR) is 46.4 cm³/mol. The fourth-order valence-corrected chi connectivity index (χ4v) is 2.03. The Bertz CT molecular complexity index is 105. The molecule has 1 saturated carbocycles. The number of aliphatic hydroxyl groups excluding tert-OH is 1. The number of rotatable bonds is 1. The minimum absolute atomic E-state index is 0.147. The summed E-state index contributed by atoms with van der Waals surface area (Å²) in [6.07, 6.45) is 4.33. The lowest BCUT2D eigenvalue weighted by Crippen LogP contribution is -2.29. The fourth-order valence-electron chi connectivity index (χ4n) is 1.59. The highest BCUT2D eigenvalue weighted by Crippen LogP contribution is 2.29. The molecule has 0 saturated heterocycles. The molecule has 3 atom stereocenters. The lowest BCUT2D eigenvalue weighted by atomic mass is 9.85. The molecule has 0 aromatic rings. The van der Waals surface area contributed by atoms with Crippen molar-refractivity contribution in [2.75, 3.05) is 0 Å². The van der Waals surface area contributed by atoms with Gasteiger partial charge in [-0.2, -0.15) is 12.6 Å². The molecule has 0 amide bonds. The monoisotopic (exact) mass is 160 g/mol. The van der Waals surface area contributed by atoms with Crippen LogP contribution >= 0.6 is 12.6 Å². The SMILES string of the molecule is CCC1CCC(O)C(S)C1. The summed E-state index contributed by atoms with van der Waals surface area (Å²) in [6.45, 7) is 2.21. The van der Waals surface area contributed by atoms with Crippen molar-refractivity contribution in [3.05, 3.63) is 0 Å². The molecule has 0 heterocycles. The Hall–Kier alpha value is 0.310. The van der Waals surface area contributed by atoms with E-state index in [0.717, 1.165) is 18.8 Å². The van der Waals surface area contributed by atoms with E-state index < -0.39 is 0 Å². The molecular formula is C8H16OS. The molecule has 1 rings (SSSR count). The number of hydrogen-bond donors (Lipinski definition) is 2. The summed E-state index contributed by atoms with van der Waals surface area (Å²) in [7, 11) is 0. The quantitative estimate of drug-likeness (QED) is 0.561. The highest BCUT2D eigenvalue weighted by atomic mass is 32.1. The van der Waals surface area contributed by atoms with Gasteiger partial charge in [0.1, 0.15) is 0 Å². The first-order valence-corrected chi connectivity index (χ1v) is 4.61. The largest absolute Gasteiger partial charge is 0.392 e. The van der Waals surface area contributed by atoms with Crippen LogP contribution in [0.25, 0.3) is 0 Å². The van der Waals surface area contributed by atoms with E-state index in [2.05, 4.69) is 19.6 Å². The van der Waals surface area contributed by atoms with Gasteiger partial charge in [0, 0.05) is 5.25 Å². The molecule has 1 nitrogen and oxygen atoms in total. The van der Waals surface area contributed by atoms with E-state index in [1.165, 1.54) is 12.8 Å². The van der Waals surface area contributed by atoms with Crippen molar-refractivity contribution in [3.63, 3.8) is 0 Å². The van der Waals surface area contributed by atoms with Gasteiger partial charge in [0.25, 0.3) is 0 Å². The summed E-state index contributed by atoms with van der Waals surface area (Å²) in [5, 5.41) is 9.55. The third-order valence-electron chi connectivity index (χ3n) is 2.47. The zero-order valence-corrected chi connectivity index (χ0v) is 7.35. The van der Waals surface area contributed by atoms with E-state index in [1.54, 1.807) is 0 Å². The van der Waals surface area contributed by atoms with Gasteiger partial charge in [-0.3, -0.25) is 0 Å². The van der Waals surface area contributed by atoms with Gasteiger partial charge >= 0.3 is 0 Å². The van der Waals surface area contributed by atoms with Crippen molar-refractivity contribution < 1.29 is 5.11 Å². The maximum Gasteiger partial charge on any atom is 0.0656 e. The van der Waals surface area contributed by atoms with Gasteiger partial charge in [0.2, 0.25) is 0 Å². The van der Waals surface area contributed by atoms with E-state index >= 15 is 0 Å². The third-order valence-corrected chi connectivity index (χ3v) is 3.02. The number of thiol groups is 1. The summed E-state index contributed by atoms with van der Waals surface area (Å²) in [5.41, 5.74) is 0. The smallest absolute Gasteiger partial charge is 0.0656 e. The Kier molecular flexibility index (Phi) is 3.05. The first kappa shape index (κ1) is 8.41. The summed E-state index contributed by atoms with van der Waals surface area (Å²) in [4.78, 5) is 0. The van der Waals surface area contributed by atoms with Crippen molar-refractivity contribution in [2.45, 2.75) is 44.0 Å². The van der Waals surface area contributed by atoms with Crippen LogP contribution in [-0.4, -0.2) is 16.5 Å². The van der Waals surface area contributed by atoms with Gasteiger partial charge in [0.05, 0.1) is 6.10 Å². The van der Waals surface area contributed by atoms with Crippen molar-refractivity contribution >= 4 is 12.6 Å². The van der Waals surface area contributed by atoms with Crippen LogP contribution in [0.3, 0.4) is 0 Å². The Labute approximate surface area is 68.2 Å². The summed E-state index contributed by atoms with van der Waals surface area (Å²) in [5.74, 6) is 0.811. The molecule has 0 bridgehead atoms. The molecule has 60 valence electrons. The molecule has 1 aliphatic carbocycles. The normalized spacial score (nSPS) is 41.7. The zero-order chi connectivity index (χ0) is 7.56. The van der Waals surface area contributed by atoms with Gasteiger partial charge in [-0.1, -0.05) is 13.3 Å². The second kappa shape index (κ2) is 3.63. The van der Waals surface area contributed by atoms with Crippen LogP contribution in [0.5, 0.6) is 0 Å². The minimum atomic E-state index is -0.147. The van der Waals surface area contributed by atoms with Crippen LogP contribution in [0.1, 0.15) is 32.6 Å². The van der Waals surface area contributed by atoms with Crippen molar-refractivity contribution in [1.82, 2.24) is 0 Å². The fraction of sp³-hybridized carbons (Fsp3) is 1.00. The average Bonchev–Trinajstić information content (AvgIpc) is 1.95. The second-order valence-corrected chi connectivity index (χ2v) is 3.89. The molecule has 3 unspecified atom stereocenters. The van der Waals surface area contributed by atoms with E-state index in [4.69, 9.17) is 0 Å². The maximum absolute atomic E-state index is 9.31. The maximum atomic E-state index is 9.31. The second-order valence-electron chi connectivity index (χ2n) is 3.22. The molecule has 10 heavy (non-hydrogen) atoms. The molecule has 1 aliphatic rings. The summed E-state index contributed by atoms with van der Waals surface area (Å²) in [6, 6.07) is 0. The number of hydrogen-bond acceptors (Lipinski definition) is 2. The minimum Gasteiger partial charge on any atom is -0.392 e. The molecular weight excluding hydrogens is 144 g/mol. The predicted octanol–water partition coefficient (Wildman–Crippen LogP) is 1.86. The molecule has 1 N–H and O–H groups in total. The lowest BCUT2D eigenvalue weighted by molar-refractivity contribution is 0.115. The van der Waals surface area contributed by atoms with Gasteiger partial charge in [-0.05, 0) is 25.2 Å². The Balaban J connectivity index is 2.33. The Morgan fingerprint density at radius 3 is 2.70 bits per heavy atom. The van der Waals surface area contributed by atoms with Crippen LogP contribution in [0.4, 0.5) is 0 Å². The van der Waals surface area contributed by atoms with Crippen molar-refractivity contribution in [1.29, 1.82) is 0 Å². The molecule has 1 fully saturated rings. The van der Waals surface area contributed by atoms with E-state index in [1.807, 2.05) is 0 Å². The Morgan fingerprint density at radius 2 is 2.20 bits per heavy atom. The van der Waals surface area contributed by atoms with Crippen LogP contribution in [0.15, 0.2) is 0 Å². The molecule has 0 aromatic carbocycles. The van der Waals surface area contributed by atoms with Crippen LogP contribution < -0.4 is 0 Å². The third kappa shape index (κ3) is 1.89. The topological polar surface area (TPSA) is 20.2 Å². The van der Waals surface area contributed by atoms with E-state index in [0.29, 0.717) is 0 Å². The molecule has 0 aromatic heterocycles. The first-order valence-electron chi connectivity index (χ1n) is 4.10. The van der Waals surface area contributed by atoms with Crippen LogP contribution in [-0.2, 0) is 0 Å². The van der Waals surface area contributed by atoms with Crippen molar-refractivity contribution in [3.8, 4) is 0 Å². The van der Waals surface area contributed by atoms with Crippen molar-refractivity contribution in [2.24, 2.45) is 5.92 Å². The van der Waals surface area contributed by atoms with Gasteiger partial charge in [0.15, 0.2) is 0 Å². The average molecular weight is 160 g/mol. The van der Waals surface area contributed by atoms with Crippen LogP contribution in [0.2, 0.25) is 0 Å². The van der Waals surface area contributed by atoms with Gasteiger partial charge < -0.3 is 5.11 Å². The van der Waals surface area contributed by atoms with Crippen LogP contribution in [0, 0.1) is 5.92 Å². The standard InChI is InChI=1S/C8H16OS/c1-2-6-3-4-7(9)8(10)5-6/h6-10H,2-5H2,1H3. The number of aliphatic hydroxyl groups is 1. The van der Waals surface area contributed by atoms with Gasteiger partial charge in [-0.25, -0.2) is 0 Å². The zero-order valence-electron chi connectivity index (χ0n) is 6.45. The highest BCUT2D eigenvalue weighted by molar-refractivity contribution is 7.81. The van der Waals surface area contributed by atoms with Gasteiger partial charge in [-0.15, -0.1) is 0 Å². The van der Waals surface area contributed by atoms with E-state index in [9.17, 15) is 5.11 Å². The first-order chi connectivity index (χ1) is 4.74. The van der Waals surface area contributed by atoms with E-state index in [-0.39, 0.29) is 11.4 Å². The molecule has 0 radical (unpaired) electrons.